The van der Waals surface area contributed by atoms with E-state index in [2.05, 4.69) is 11.9 Å². The number of esters is 1. The van der Waals surface area contributed by atoms with Crippen LogP contribution in [0.5, 0.6) is 11.5 Å². The third kappa shape index (κ3) is 4.55. The smallest absolute Gasteiger partial charge is 0.355 e. The van der Waals surface area contributed by atoms with Gasteiger partial charge in [-0.25, -0.2) is 4.79 Å². The van der Waals surface area contributed by atoms with Gasteiger partial charge in [-0.05, 0) is 42.8 Å². The molecule has 138 valence electrons. The average Bonchev–Trinajstić information content (AvgIpc) is 3.13. The molecule has 0 atom stereocenters. The van der Waals surface area contributed by atoms with Crippen molar-refractivity contribution in [3.63, 3.8) is 0 Å². The molecule has 6 heteroatoms. The number of nitrogens with one attached hydrogen (secondary N) is 1. The Labute approximate surface area is 157 Å². The highest BCUT2D eigenvalue weighted by molar-refractivity contribution is 6.03. The van der Waals surface area contributed by atoms with Gasteiger partial charge in [-0.1, -0.05) is 36.4 Å². The third-order valence-electron chi connectivity index (χ3n) is 3.82. The van der Waals surface area contributed by atoms with Gasteiger partial charge in [0.15, 0.2) is 11.5 Å². The predicted molar refractivity (Wildman–Crippen MR) is 100 cm³/mol. The van der Waals surface area contributed by atoms with Crippen LogP contribution < -0.4 is 14.8 Å². The summed E-state index contributed by atoms with van der Waals surface area (Å²) in [7, 11) is 0. The van der Waals surface area contributed by atoms with Crippen molar-refractivity contribution in [3.05, 3.63) is 77.5 Å². The van der Waals surface area contributed by atoms with E-state index in [0.29, 0.717) is 22.6 Å². The summed E-state index contributed by atoms with van der Waals surface area (Å²) in [5.41, 5.74) is 2.15. The van der Waals surface area contributed by atoms with Crippen LogP contribution in [0.25, 0.3) is 6.08 Å². The molecule has 0 saturated carbocycles. The largest absolute Gasteiger partial charge is 0.457 e. The zero-order chi connectivity index (χ0) is 19.2. The van der Waals surface area contributed by atoms with Crippen LogP contribution in [0, 0.1) is 6.92 Å². The van der Waals surface area contributed by atoms with Crippen LogP contribution in [-0.2, 0) is 9.53 Å². The molecular formula is C21H19NO5. The Balaban J connectivity index is 1.86. The van der Waals surface area contributed by atoms with E-state index in [4.69, 9.17) is 14.2 Å². The molecule has 27 heavy (non-hydrogen) atoms. The minimum absolute atomic E-state index is 0.0151. The van der Waals surface area contributed by atoms with Crippen molar-refractivity contribution in [3.8, 4) is 11.5 Å². The number of fused-ring (bicyclic) bond motifs is 1. The first-order valence-corrected chi connectivity index (χ1v) is 8.34. The lowest BCUT2D eigenvalue weighted by Gasteiger charge is -2.10. The normalized spacial score (nSPS) is 12.4. The van der Waals surface area contributed by atoms with Crippen LogP contribution in [0.15, 0.2) is 60.8 Å². The summed E-state index contributed by atoms with van der Waals surface area (Å²) in [6.07, 6.45) is 2.98. The number of ether oxygens (including phenoxy) is 3. The van der Waals surface area contributed by atoms with Gasteiger partial charge in [0.2, 0.25) is 6.79 Å². The summed E-state index contributed by atoms with van der Waals surface area (Å²) < 4.78 is 15.7. The number of hydrogen-bond acceptors (Lipinski definition) is 5. The van der Waals surface area contributed by atoms with Crippen LogP contribution in [0.4, 0.5) is 0 Å². The molecule has 0 radical (unpaired) electrons. The Hall–Kier alpha value is -3.54. The zero-order valence-corrected chi connectivity index (χ0v) is 14.9. The van der Waals surface area contributed by atoms with Crippen molar-refractivity contribution in [1.29, 1.82) is 0 Å². The Morgan fingerprint density at radius 3 is 2.63 bits per heavy atom. The molecule has 2 aromatic rings. The maximum atomic E-state index is 12.5. The second-order valence-corrected chi connectivity index (χ2v) is 5.88. The molecule has 1 heterocycles. The minimum Gasteiger partial charge on any atom is -0.457 e. The fraction of sp³-hybridized carbons (Fsp3) is 0.143. The van der Waals surface area contributed by atoms with Crippen LogP contribution in [0.3, 0.4) is 0 Å². The molecule has 2 aromatic carbocycles. The third-order valence-corrected chi connectivity index (χ3v) is 3.82. The molecule has 1 N–H and O–H groups in total. The highest BCUT2D eigenvalue weighted by Crippen LogP contribution is 2.33. The summed E-state index contributed by atoms with van der Waals surface area (Å²) in [5.74, 6) is 0.143. The van der Waals surface area contributed by atoms with Gasteiger partial charge in [-0.15, -0.1) is 0 Å². The van der Waals surface area contributed by atoms with E-state index in [1.165, 1.54) is 12.2 Å². The first-order chi connectivity index (χ1) is 13.1. The summed E-state index contributed by atoms with van der Waals surface area (Å²) >= 11 is 0. The molecule has 0 saturated heterocycles. The molecule has 0 bridgehead atoms. The van der Waals surface area contributed by atoms with Crippen LogP contribution in [0.1, 0.15) is 21.5 Å². The topological polar surface area (TPSA) is 73.9 Å². The monoisotopic (exact) mass is 365 g/mol. The summed E-state index contributed by atoms with van der Waals surface area (Å²) in [4.78, 5) is 24.8. The summed E-state index contributed by atoms with van der Waals surface area (Å²) in [6, 6.07) is 12.3. The predicted octanol–water partition coefficient (Wildman–Crippen LogP) is 3.22. The van der Waals surface area contributed by atoms with Gasteiger partial charge in [0.25, 0.3) is 5.91 Å². The molecular weight excluding hydrogens is 346 g/mol. The molecule has 1 aliphatic rings. The summed E-state index contributed by atoms with van der Waals surface area (Å²) in [6.45, 7) is 5.64. The molecule has 0 fully saturated rings. The van der Waals surface area contributed by atoms with Gasteiger partial charge in [-0.3, -0.25) is 4.79 Å². The van der Waals surface area contributed by atoms with Crippen LogP contribution in [0.2, 0.25) is 0 Å². The maximum Gasteiger partial charge on any atom is 0.355 e. The molecule has 0 aromatic heterocycles. The van der Waals surface area contributed by atoms with Gasteiger partial charge >= 0.3 is 5.97 Å². The van der Waals surface area contributed by atoms with E-state index in [9.17, 15) is 9.59 Å². The Morgan fingerprint density at radius 2 is 1.89 bits per heavy atom. The lowest BCUT2D eigenvalue weighted by Crippen LogP contribution is -2.28. The molecule has 3 rings (SSSR count). The van der Waals surface area contributed by atoms with Crippen molar-refractivity contribution >= 4 is 18.0 Å². The van der Waals surface area contributed by atoms with E-state index in [0.717, 1.165) is 5.56 Å². The highest BCUT2D eigenvalue weighted by Gasteiger charge is 2.17. The Kier molecular flexibility index (Phi) is 5.56. The molecule has 6 nitrogen and oxygen atoms in total. The van der Waals surface area contributed by atoms with Crippen molar-refractivity contribution in [1.82, 2.24) is 5.32 Å². The average molecular weight is 365 g/mol. The van der Waals surface area contributed by atoms with E-state index in [1.54, 1.807) is 30.3 Å². The van der Waals surface area contributed by atoms with Crippen molar-refractivity contribution < 1.29 is 23.8 Å². The van der Waals surface area contributed by atoms with Crippen LogP contribution in [-0.4, -0.2) is 25.3 Å². The van der Waals surface area contributed by atoms with Gasteiger partial charge in [0.1, 0.15) is 12.3 Å². The van der Waals surface area contributed by atoms with Gasteiger partial charge in [-0.2, -0.15) is 0 Å². The first-order valence-electron chi connectivity index (χ1n) is 8.34. The molecule has 1 amide bonds. The van der Waals surface area contributed by atoms with Crippen molar-refractivity contribution in [2.45, 2.75) is 6.92 Å². The quantitative estimate of drug-likeness (QED) is 0.483. The number of amides is 1. The molecule has 1 aliphatic heterocycles. The number of carbonyl (C=O) groups is 2. The SMILES string of the molecule is C=CCOC(=O)C(=Cc1ccc2c(c1)OCO2)NC(=O)c1ccc(C)cc1. The van der Waals surface area contributed by atoms with E-state index >= 15 is 0 Å². The zero-order valence-electron chi connectivity index (χ0n) is 14.9. The second kappa shape index (κ2) is 8.23. The van der Waals surface area contributed by atoms with Gasteiger partial charge < -0.3 is 19.5 Å². The Bertz CT molecular complexity index is 899. The molecule has 0 unspecified atom stereocenters. The fourth-order valence-electron chi connectivity index (χ4n) is 2.43. The fourth-order valence-corrected chi connectivity index (χ4v) is 2.43. The lowest BCUT2D eigenvalue weighted by molar-refractivity contribution is -0.138. The van der Waals surface area contributed by atoms with Crippen molar-refractivity contribution in [2.24, 2.45) is 0 Å². The molecule has 0 aliphatic carbocycles. The number of hydrogen-bond donors (Lipinski definition) is 1. The highest BCUT2D eigenvalue weighted by atomic mass is 16.7. The van der Waals surface area contributed by atoms with Gasteiger partial charge in [0, 0.05) is 5.56 Å². The first kappa shape index (κ1) is 18.3. The Morgan fingerprint density at radius 1 is 1.15 bits per heavy atom. The number of aryl methyl sites for hydroxylation is 1. The standard InChI is InChI=1S/C21H19NO5/c1-3-10-25-21(24)17(22-20(23)16-7-4-14(2)5-8-16)11-15-6-9-18-19(12-15)27-13-26-18/h3-9,11-12H,1,10,13H2,2H3,(H,22,23). The maximum absolute atomic E-state index is 12.5. The number of rotatable bonds is 6. The van der Waals surface area contributed by atoms with Crippen molar-refractivity contribution in [2.75, 3.05) is 13.4 Å². The van der Waals surface area contributed by atoms with E-state index in [1.807, 2.05) is 19.1 Å². The van der Waals surface area contributed by atoms with E-state index in [-0.39, 0.29) is 19.1 Å². The summed E-state index contributed by atoms with van der Waals surface area (Å²) in [5, 5.41) is 2.62. The lowest BCUT2D eigenvalue weighted by atomic mass is 10.1. The van der Waals surface area contributed by atoms with E-state index < -0.39 is 11.9 Å². The second-order valence-electron chi connectivity index (χ2n) is 5.88. The van der Waals surface area contributed by atoms with Crippen LogP contribution >= 0.6 is 0 Å². The number of carbonyl (C=O) groups excluding carboxylic acids is 2. The minimum atomic E-state index is -0.659. The number of benzene rings is 2. The van der Waals surface area contributed by atoms with Gasteiger partial charge in [0.05, 0.1) is 0 Å². The molecule has 0 spiro atoms.